The first-order valence-electron chi connectivity index (χ1n) is 6.92. The zero-order chi connectivity index (χ0) is 13.6. The molecule has 0 aliphatic rings. The summed E-state index contributed by atoms with van der Waals surface area (Å²) in [5, 5.41) is 3.50. The minimum absolute atomic E-state index is 0.0442. The first kappa shape index (κ1) is 15.2. The summed E-state index contributed by atoms with van der Waals surface area (Å²) in [6, 6.07) is 8.92. The number of rotatable bonds is 7. The van der Waals surface area contributed by atoms with Crippen molar-refractivity contribution in [3.63, 3.8) is 0 Å². The molecule has 0 saturated heterocycles. The van der Waals surface area contributed by atoms with E-state index < -0.39 is 0 Å². The molecule has 0 aliphatic heterocycles. The van der Waals surface area contributed by atoms with Crippen molar-refractivity contribution in [1.82, 2.24) is 5.32 Å². The van der Waals surface area contributed by atoms with E-state index in [1.165, 1.54) is 11.1 Å². The van der Waals surface area contributed by atoms with Crippen LogP contribution in [0, 0.1) is 6.92 Å². The van der Waals surface area contributed by atoms with Gasteiger partial charge in [0.05, 0.1) is 18.2 Å². The van der Waals surface area contributed by atoms with E-state index in [0.29, 0.717) is 0 Å². The maximum absolute atomic E-state index is 6.03. The molecule has 2 heteroatoms. The first-order chi connectivity index (χ1) is 8.48. The van der Waals surface area contributed by atoms with Gasteiger partial charge in [0.2, 0.25) is 0 Å². The molecule has 0 aliphatic carbocycles. The second kappa shape index (κ2) is 6.91. The van der Waals surface area contributed by atoms with E-state index in [1.54, 1.807) is 0 Å². The number of ether oxygens (including phenoxy) is 1. The highest BCUT2D eigenvalue weighted by Crippen LogP contribution is 2.20. The summed E-state index contributed by atoms with van der Waals surface area (Å²) in [6.07, 6.45) is 1.03. The van der Waals surface area contributed by atoms with E-state index in [2.05, 4.69) is 64.2 Å². The van der Waals surface area contributed by atoms with Crippen LogP contribution < -0.4 is 5.32 Å². The predicted octanol–water partition coefficient (Wildman–Crippen LogP) is 3.85. The fraction of sp³-hybridized carbons (Fsp3) is 0.625. The smallest absolute Gasteiger partial charge is 0.0668 e. The van der Waals surface area contributed by atoms with E-state index in [9.17, 15) is 0 Å². The number of benzene rings is 1. The topological polar surface area (TPSA) is 21.3 Å². The van der Waals surface area contributed by atoms with Crippen molar-refractivity contribution in [1.29, 1.82) is 0 Å². The number of nitrogens with one attached hydrogen (secondary N) is 1. The van der Waals surface area contributed by atoms with Gasteiger partial charge in [0, 0.05) is 0 Å². The van der Waals surface area contributed by atoms with Gasteiger partial charge < -0.3 is 10.1 Å². The van der Waals surface area contributed by atoms with Crippen LogP contribution in [-0.4, -0.2) is 18.8 Å². The number of hydrogen-bond acceptors (Lipinski definition) is 2. The van der Waals surface area contributed by atoms with Crippen molar-refractivity contribution in [2.45, 2.75) is 52.7 Å². The van der Waals surface area contributed by atoms with Gasteiger partial charge in [0.15, 0.2) is 0 Å². The van der Waals surface area contributed by atoms with E-state index >= 15 is 0 Å². The Morgan fingerprint density at radius 2 is 2.00 bits per heavy atom. The fourth-order valence-electron chi connectivity index (χ4n) is 1.82. The lowest BCUT2D eigenvalue weighted by molar-refractivity contribution is -0.0306. The molecular weight excluding hydrogens is 222 g/mol. The molecular formula is C16H27NO. The Hall–Kier alpha value is -0.860. The van der Waals surface area contributed by atoms with Crippen molar-refractivity contribution < 1.29 is 4.74 Å². The molecule has 0 heterocycles. The molecule has 1 atom stereocenters. The zero-order valence-corrected chi connectivity index (χ0v) is 12.4. The van der Waals surface area contributed by atoms with Crippen LogP contribution in [0.5, 0.6) is 0 Å². The quantitative estimate of drug-likeness (QED) is 0.792. The molecule has 1 rings (SSSR count). The van der Waals surface area contributed by atoms with E-state index in [1.807, 2.05) is 0 Å². The molecule has 0 radical (unpaired) electrons. The zero-order valence-electron chi connectivity index (χ0n) is 12.4. The van der Waals surface area contributed by atoms with Gasteiger partial charge in [-0.2, -0.15) is 0 Å². The largest absolute Gasteiger partial charge is 0.374 e. The molecule has 102 valence electrons. The second-order valence-corrected chi connectivity index (χ2v) is 5.45. The lowest BCUT2D eigenvalue weighted by Crippen LogP contribution is -2.31. The van der Waals surface area contributed by atoms with Crippen LogP contribution in [0.2, 0.25) is 0 Å². The van der Waals surface area contributed by atoms with Gasteiger partial charge in [0.25, 0.3) is 0 Å². The van der Waals surface area contributed by atoms with Crippen LogP contribution in [0.1, 0.15) is 51.3 Å². The first-order valence-corrected chi connectivity index (χ1v) is 6.92. The highest BCUT2D eigenvalue weighted by atomic mass is 16.5. The Kier molecular flexibility index (Phi) is 5.83. The maximum atomic E-state index is 6.03. The molecule has 0 fully saturated rings. The van der Waals surface area contributed by atoms with Gasteiger partial charge in [-0.3, -0.25) is 0 Å². The molecule has 1 aromatic carbocycles. The average molecular weight is 249 g/mol. The molecule has 1 unspecified atom stereocenters. The summed E-state index contributed by atoms with van der Waals surface area (Å²) in [5.74, 6) is 0. The minimum atomic E-state index is -0.0442. The average Bonchev–Trinajstić information content (AvgIpc) is 2.34. The summed E-state index contributed by atoms with van der Waals surface area (Å²) in [6.45, 7) is 12.4. The van der Waals surface area contributed by atoms with Gasteiger partial charge in [-0.05, 0) is 39.3 Å². The van der Waals surface area contributed by atoms with Crippen molar-refractivity contribution >= 4 is 0 Å². The van der Waals surface area contributed by atoms with E-state index in [4.69, 9.17) is 4.74 Å². The number of hydrogen-bond donors (Lipinski definition) is 1. The molecule has 1 N–H and O–H groups in total. The van der Waals surface area contributed by atoms with Crippen LogP contribution in [0.3, 0.4) is 0 Å². The molecule has 1 aromatic rings. The molecule has 0 bridgehead atoms. The van der Waals surface area contributed by atoms with Crippen LogP contribution in [0.15, 0.2) is 24.3 Å². The third kappa shape index (κ3) is 4.79. The fourth-order valence-corrected chi connectivity index (χ4v) is 1.82. The SMILES string of the molecule is CCNC(COC(C)(C)CC)c1cccc(C)c1. The third-order valence-corrected chi connectivity index (χ3v) is 3.39. The van der Waals surface area contributed by atoms with Gasteiger partial charge in [0.1, 0.15) is 0 Å². The second-order valence-electron chi connectivity index (χ2n) is 5.45. The van der Waals surface area contributed by atoms with Crippen molar-refractivity contribution in [2.75, 3.05) is 13.2 Å². The molecule has 2 nitrogen and oxygen atoms in total. The minimum Gasteiger partial charge on any atom is -0.374 e. The van der Waals surface area contributed by atoms with Crippen molar-refractivity contribution in [2.24, 2.45) is 0 Å². The molecule has 0 spiro atoms. The number of aryl methyl sites for hydroxylation is 1. The van der Waals surface area contributed by atoms with E-state index in [0.717, 1.165) is 19.6 Å². The van der Waals surface area contributed by atoms with E-state index in [-0.39, 0.29) is 11.6 Å². The highest BCUT2D eigenvalue weighted by Gasteiger charge is 2.19. The lowest BCUT2D eigenvalue weighted by atomic mass is 10.0. The maximum Gasteiger partial charge on any atom is 0.0668 e. The molecule has 0 saturated carbocycles. The summed E-state index contributed by atoms with van der Waals surface area (Å²) >= 11 is 0. The Bertz CT molecular complexity index is 360. The predicted molar refractivity (Wildman–Crippen MR) is 77.9 cm³/mol. The van der Waals surface area contributed by atoms with Crippen LogP contribution in [-0.2, 0) is 4.74 Å². The Balaban J connectivity index is 2.71. The molecule has 0 amide bonds. The van der Waals surface area contributed by atoms with Gasteiger partial charge in [-0.25, -0.2) is 0 Å². The monoisotopic (exact) mass is 249 g/mol. The summed E-state index contributed by atoms with van der Waals surface area (Å²) < 4.78 is 6.03. The highest BCUT2D eigenvalue weighted by molar-refractivity contribution is 5.25. The van der Waals surface area contributed by atoms with Crippen LogP contribution in [0.25, 0.3) is 0 Å². The van der Waals surface area contributed by atoms with Crippen LogP contribution >= 0.6 is 0 Å². The van der Waals surface area contributed by atoms with Gasteiger partial charge >= 0.3 is 0 Å². The molecule has 0 aromatic heterocycles. The van der Waals surface area contributed by atoms with Crippen LogP contribution in [0.4, 0.5) is 0 Å². The standard InChI is InChI=1S/C16H27NO/c1-6-16(4,5)18-12-15(17-7-2)14-10-8-9-13(3)11-14/h8-11,15,17H,6-7,12H2,1-5H3. The normalized spacial score (nSPS) is 13.6. The lowest BCUT2D eigenvalue weighted by Gasteiger charge is -2.27. The van der Waals surface area contributed by atoms with Crippen molar-refractivity contribution in [3.8, 4) is 0 Å². The van der Waals surface area contributed by atoms with Gasteiger partial charge in [-0.15, -0.1) is 0 Å². The number of likely N-dealkylation sites (N-methyl/N-ethyl adjacent to an activating group) is 1. The summed E-state index contributed by atoms with van der Waals surface area (Å²) in [4.78, 5) is 0. The molecule has 18 heavy (non-hydrogen) atoms. The van der Waals surface area contributed by atoms with Gasteiger partial charge in [-0.1, -0.05) is 43.7 Å². The summed E-state index contributed by atoms with van der Waals surface area (Å²) in [7, 11) is 0. The Morgan fingerprint density at radius 1 is 1.28 bits per heavy atom. The third-order valence-electron chi connectivity index (χ3n) is 3.39. The Morgan fingerprint density at radius 3 is 2.56 bits per heavy atom. The summed E-state index contributed by atoms with van der Waals surface area (Å²) in [5.41, 5.74) is 2.56. The van der Waals surface area contributed by atoms with Crippen molar-refractivity contribution in [3.05, 3.63) is 35.4 Å². The Labute approximate surface area is 112 Å².